The molecule has 1 aromatic heterocycles. The highest BCUT2D eigenvalue weighted by molar-refractivity contribution is 8.00. The van der Waals surface area contributed by atoms with E-state index in [1.807, 2.05) is 68.4 Å². The van der Waals surface area contributed by atoms with Crippen molar-refractivity contribution in [2.75, 3.05) is 18.5 Å². The van der Waals surface area contributed by atoms with E-state index in [9.17, 15) is 9.59 Å². The Hall–Kier alpha value is -3.06. The van der Waals surface area contributed by atoms with Gasteiger partial charge in [0.25, 0.3) is 5.56 Å². The van der Waals surface area contributed by atoms with Crippen molar-refractivity contribution in [3.63, 3.8) is 0 Å². The SMILES string of the molecule is CCOC(=O)C(CC(C)C)Sc1ccc(NCCn2c(CC)nc(-c3ccccc3)cc2=O)cc1. The van der Waals surface area contributed by atoms with Crippen LogP contribution >= 0.6 is 11.8 Å². The van der Waals surface area contributed by atoms with E-state index in [2.05, 4.69) is 19.2 Å². The second-order valence-corrected chi connectivity index (χ2v) is 9.98. The Morgan fingerprint density at radius 3 is 2.43 bits per heavy atom. The fraction of sp³-hybridized carbons (Fsp3) is 0.393. The van der Waals surface area contributed by atoms with Gasteiger partial charge in [-0.2, -0.15) is 0 Å². The predicted octanol–water partition coefficient (Wildman–Crippen LogP) is 5.65. The number of thioether (sulfide) groups is 1. The van der Waals surface area contributed by atoms with Crippen molar-refractivity contribution in [3.05, 3.63) is 76.8 Å². The highest BCUT2D eigenvalue weighted by atomic mass is 32.2. The number of aryl methyl sites for hydroxylation is 1. The molecule has 35 heavy (non-hydrogen) atoms. The van der Waals surface area contributed by atoms with Crippen LogP contribution in [0.5, 0.6) is 0 Å². The molecule has 0 aliphatic heterocycles. The summed E-state index contributed by atoms with van der Waals surface area (Å²) in [6, 6.07) is 19.4. The second kappa shape index (κ2) is 13.1. The molecule has 0 aliphatic carbocycles. The van der Waals surface area contributed by atoms with Gasteiger partial charge in [-0.1, -0.05) is 51.1 Å². The molecule has 1 heterocycles. The lowest BCUT2D eigenvalue weighted by atomic mass is 10.1. The average molecular weight is 494 g/mol. The summed E-state index contributed by atoms with van der Waals surface area (Å²) in [7, 11) is 0. The molecule has 6 nitrogen and oxygen atoms in total. The first-order valence-electron chi connectivity index (χ1n) is 12.2. The van der Waals surface area contributed by atoms with Gasteiger partial charge in [-0.25, -0.2) is 4.98 Å². The number of hydrogen-bond donors (Lipinski definition) is 1. The smallest absolute Gasteiger partial charge is 0.319 e. The summed E-state index contributed by atoms with van der Waals surface area (Å²) in [6.07, 6.45) is 1.45. The quantitative estimate of drug-likeness (QED) is 0.259. The number of esters is 1. The third-order valence-corrected chi connectivity index (χ3v) is 6.72. The number of benzene rings is 2. The van der Waals surface area contributed by atoms with Gasteiger partial charge in [0.05, 0.1) is 12.3 Å². The largest absolute Gasteiger partial charge is 0.465 e. The molecule has 3 rings (SSSR count). The Morgan fingerprint density at radius 1 is 1.09 bits per heavy atom. The Morgan fingerprint density at radius 2 is 1.80 bits per heavy atom. The van der Waals surface area contributed by atoms with Crippen LogP contribution in [0.25, 0.3) is 11.3 Å². The maximum absolute atomic E-state index is 12.8. The zero-order valence-electron chi connectivity index (χ0n) is 21.0. The summed E-state index contributed by atoms with van der Waals surface area (Å²) in [5.41, 5.74) is 2.58. The number of hydrogen-bond acceptors (Lipinski definition) is 6. The molecule has 0 spiro atoms. The van der Waals surface area contributed by atoms with Gasteiger partial charge in [-0.05, 0) is 43.5 Å². The lowest BCUT2D eigenvalue weighted by molar-refractivity contribution is -0.142. The highest BCUT2D eigenvalue weighted by Crippen LogP contribution is 2.29. The summed E-state index contributed by atoms with van der Waals surface area (Å²) in [4.78, 5) is 30.9. The minimum Gasteiger partial charge on any atom is -0.465 e. The number of rotatable bonds is 12. The summed E-state index contributed by atoms with van der Waals surface area (Å²) in [6.45, 7) is 9.59. The zero-order valence-corrected chi connectivity index (χ0v) is 21.8. The number of nitrogens with one attached hydrogen (secondary N) is 1. The zero-order chi connectivity index (χ0) is 25.2. The van der Waals surface area contributed by atoms with Gasteiger partial charge >= 0.3 is 5.97 Å². The topological polar surface area (TPSA) is 73.2 Å². The Labute approximate surface area is 212 Å². The molecule has 0 fully saturated rings. The summed E-state index contributed by atoms with van der Waals surface area (Å²) >= 11 is 1.54. The second-order valence-electron chi connectivity index (χ2n) is 8.71. The van der Waals surface area contributed by atoms with Crippen molar-refractivity contribution >= 4 is 23.4 Å². The van der Waals surface area contributed by atoms with E-state index in [1.165, 1.54) is 0 Å². The van der Waals surface area contributed by atoms with Crippen LogP contribution in [0.2, 0.25) is 0 Å². The van der Waals surface area contributed by atoms with Gasteiger partial charge in [-0.15, -0.1) is 11.8 Å². The molecule has 0 bridgehead atoms. The van der Waals surface area contributed by atoms with Crippen molar-refractivity contribution in [2.45, 2.75) is 57.2 Å². The van der Waals surface area contributed by atoms with Crippen molar-refractivity contribution < 1.29 is 9.53 Å². The first-order chi connectivity index (χ1) is 16.9. The van der Waals surface area contributed by atoms with Gasteiger partial charge in [0, 0.05) is 41.7 Å². The summed E-state index contributed by atoms with van der Waals surface area (Å²) < 4.78 is 6.99. The maximum atomic E-state index is 12.8. The van der Waals surface area contributed by atoms with Crippen LogP contribution in [-0.4, -0.2) is 33.9 Å². The van der Waals surface area contributed by atoms with Crippen LogP contribution in [0.3, 0.4) is 0 Å². The molecular weight excluding hydrogens is 458 g/mol. The van der Waals surface area contributed by atoms with Crippen LogP contribution in [0.4, 0.5) is 5.69 Å². The molecule has 3 aromatic rings. The molecule has 7 heteroatoms. The molecule has 0 saturated carbocycles. The molecule has 1 atom stereocenters. The van der Waals surface area contributed by atoms with Gasteiger partial charge in [-0.3, -0.25) is 14.2 Å². The van der Waals surface area contributed by atoms with Crippen LogP contribution in [0, 0.1) is 5.92 Å². The van der Waals surface area contributed by atoms with E-state index in [0.717, 1.165) is 28.4 Å². The number of anilines is 1. The van der Waals surface area contributed by atoms with E-state index in [-0.39, 0.29) is 16.8 Å². The Bertz CT molecular complexity index is 1140. The number of carbonyl (C=O) groups is 1. The van der Waals surface area contributed by atoms with E-state index in [1.54, 1.807) is 22.4 Å². The number of nitrogens with zero attached hydrogens (tertiary/aromatic N) is 2. The molecule has 1 unspecified atom stereocenters. The monoisotopic (exact) mass is 493 g/mol. The molecule has 186 valence electrons. The Balaban J connectivity index is 1.61. The van der Waals surface area contributed by atoms with Crippen molar-refractivity contribution in [1.82, 2.24) is 9.55 Å². The van der Waals surface area contributed by atoms with Crippen LogP contribution in [0.1, 0.15) is 39.9 Å². The van der Waals surface area contributed by atoms with Crippen LogP contribution in [-0.2, 0) is 22.5 Å². The predicted molar refractivity (Wildman–Crippen MR) is 144 cm³/mol. The third-order valence-electron chi connectivity index (χ3n) is 5.51. The van der Waals surface area contributed by atoms with Crippen molar-refractivity contribution in [1.29, 1.82) is 0 Å². The minimum atomic E-state index is -0.209. The third kappa shape index (κ3) is 7.72. The van der Waals surface area contributed by atoms with Crippen molar-refractivity contribution in [2.24, 2.45) is 5.92 Å². The minimum absolute atomic E-state index is 0.0422. The summed E-state index contributed by atoms with van der Waals surface area (Å²) in [5, 5.41) is 3.18. The van der Waals surface area contributed by atoms with Crippen molar-refractivity contribution in [3.8, 4) is 11.3 Å². The van der Waals surface area contributed by atoms with E-state index in [0.29, 0.717) is 37.7 Å². The lowest BCUT2D eigenvalue weighted by Gasteiger charge is -2.17. The maximum Gasteiger partial charge on any atom is 0.319 e. The standard InChI is InChI=1S/C28H35N3O3S/c1-5-26-30-24(21-10-8-7-9-11-21)19-27(32)31(26)17-16-29-22-12-14-23(15-13-22)35-25(18-20(3)4)28(33)34-6-2/h7-15,19-20,25,29H,5-6,16-18H2,1-4H3. The molecule has 2 aromatic carbocycles. The number of carbonyl (C=O) groups excluding carboxylic acids is 1. The van der Waals surface area contributed by atoms with Gasteiger partial charge < -0.3 is 10.1 Å². The molecule has 0 radical (unpaired) electrons. The molecule has 0 aliphatic rings. The molecular formula is C28H35N3O3S. The number of ether oxygens (including phenoxy) is 1. The Kier molecular flexibility index (Phi) is 9.97. The lowest BCUT2D eigenvalue weighted by Crippen LogP contribution is -2.27. The molecule has 0 saturated heterocycles. The average Bonchev–Trinajstić information content (AvgIpc) is 2.85. The van der Waals surface area contributed by atoms with Gasteiger partial charge in [0.15, 0.2) is 0 Å². The van der Waals surface area contributed by atoms with Crippen LogP contribution < -0.4 is 10.9 Å². The highest BCUT2D eigenvalue weighted by Gasteiger charge is 2.22. The normalized spacial score (nSPS) is 11.9. The first-order valence-corrected chi connectivity index (χ1v) is 13.1. The molecule has 1 N–H and O–H groups in total. The van der Waals surface area contributed by atoms with E-state index >= 15 is 0 Å². The van der Waals surface area contributed by atoms with Gasteiger partial charge in [0.2, 0.25) is 0 Å². The summed E-state index contributed by atoms with van der Waals surface area (Å²) in [5.74, 6) is 1.03. The first kappa shape index (κ1) is 26.5. The number of aromatic nitrogens is 2. The van der Waals surface area contributed by atoms with Crippen LogP contribution in [0.15, 0.2) is 70.4 Å². The van der Waals surface area contributed by atoms with Gasteiger partial charge in [0.1, 0.15) is 11.1 Å². The van der Waals surface area contributed by atoms with E-state index < -0.39 is 0 Å². The fourth-order valence-corrected chi connectivity index (χ4v) is 5.07. The fourth-order valence-electron chi connectivity index (χ4n) is 3.80. The molecule has 0 amide bonds. The van der Waals surface area contributed by atoms with E-state index in [4.69, 9.17) is 9.72 Å².